The minimum absolute atomic E-state index is 0.0918. The second-order valence-electron chi connectivity index (χ2n) is 6.73. The Morgan fingerprint density at radius 2 is 2.24 bits per heavy atom. The predicted octanol–water partition coefficient (Wildman–Crippen LogP) is 2.99. The van der Waals surface area contributed by atoms with Gasteiger partial charge in [0.05, 0.1) is 13.5 Å². The lowest BCUT2D eigenvalue weighted by molar-refractivity contribution is -0.143. The van der Waals surface area contributed by atoms with Gasteiger partial charge in [-0.1, -0.05) is 26.0 Å². The summed E-state index contributed by atoms with van der Waals surface area (Å²) < 4.78 is 10.5. The highest BCUT2D eigenvalue weighted by molar-refractivity contribution is 5.69. The first-order valence-corrected chi connectivity index (χ1v) is 7.42. The highest BCUT2D eigenvalue weighted by atomic mass is 16.5. The van der Waals surface area contributed by atoms with Crippen molar-refractivity contribution in [1.29, 1.82) is 0 Å². The zero-order valence-corrected chi connectivity index (χ0v) is 13.3. The van der Waals surface area contributed by atoms with Gasteiger partial charge in [0.25, 0.3) is 0 Å². The van der Waals surface area contributed by atoms with Crippen LogP contribution < -0.4 is 10.5 Å². The topological polar surface area (TPSA) is 61.5 Å². The van der Waals surface area contributed by atoms with Crippen molar-refractivity contribution in [2.24, 2.45) is 11.1 Å². The number of ether oxygens (including phenoxy) is 2. The van der Waals surface area contributed by atoms with E-state index in [0.29, 0.717) is 6.42 Å². The second-order valence-corrected chi connectivity index (χ2v) is 6.73. The molecule has 0 radical (unpaired) electrons. The maximum atomic E-state index is 11.5. The molecule has 0 aromatic heterocycles. The second kappa shape index (κ2) is 6.06. The average molecular weight is 291 g/mol. The highest BCUT2D eigenvalue weighted by Gasteiger charge is 2.27. The van der Waals surface area contributed by atoms with Crippen LogP contribution in [0, 0.1) is 5.41 Å². The largest absolute Gasteiger partial charge is 0.490 e. The molecule has 0 saturated heterocycles. The quantitative estimate of drug-likeness (QED) is 0.847. The highest BCUT2D eigenvalue weighted by Crippen LogP contribution is 2.35. The molecule has 0 aliphatic carbocycles. The van der Waals surface area contributed by atoms with Gasteiger partial charge < -0.3 is 15.2 Å². The molecule has 0 amide bonds. The van der Waals surface area contributed by atoms with Crippen LogP contribution in [-0.2, 0) is 16.0 Å². The third kappa shape index (κ3) is 3.97. The van der Waals surface area contributed by atoms with Gasteiger partial charge in [0, 0.05) is 12.5 Å². The Morgan fingerprint density at radius 1 is 1.52 bits per heavy atom. The van der Waals surface area contributed by atoms with Crippen molar-refractivity contribution in [1.82, 2.24) is 0 Å². The number of methoxy groups -OCH3 is 1. The zero-order valence-electron chi connectivity index (χ0n) is 13.3. The molecule has 0 spiro atoms. The van der Waals surface area contributed by atoms with Crippen LogP contribution in [0.4, 0.5) is 0 Å². The van der Waals surface area contributed by atoms with Crippen molar-refractivity contribution in [2.45, 2.75) is 52.2 Å². The standard InChI is InChI=1S/C17H25NO3/c1-11-7-13-8-12(5-6-15(13)21-11)14(18)9-17(2,3)10-16(19)20-4/h5-6,8,11,14H,7,9-10,18H2,1-4H3. The first-order chi connectivity index (χ1) is 9.80. The van der Waals surface area contributed by atoms with E-state index in [0.717, 1.165) is 24.2 Å². The van der Waals surface area contributed by atoms with E-state index in [-0.39, 0.29) is 23.5 Å². The molecule has 2 rings (SSSR count). The summed E-state index contributed by atoms with van der Waals surface area (Å²) in [4.78, 5) is 11.5. The van der Waals surface area contributed by atoms with Crippen LogP contribution >= 0.6 is 0 Å². The molecule has 0 bridgehead atoms. The molecule has 4 heteroatoms. The van der Waals surface area contributed by atoms with Gasteiger partial charge in [-0.15, -0.1) is 0 Å². The third-order valence-corrected chi connectivity index (χ3v) is 3.97. The lowest BCUT2D eigenvalue weighted by Gasteiger charge is -2.27. The summed E-state index contributed by atoms with van der Waals surface area (Å²) in [5.74, 6) is 0.774. The summed E-state index contributed by atoms with van der Waals surface area (Å²) in [6, 6.07) is 6.07. The number of benzene rings is 1. The smallest absolute Gasteiger partial charge is 0.306 e. The number of hydrogen-bond acceptors (Lipinski definition) is 4. The molecule has 1 aliphatic heterocycles. The number of carbonyl (C=O) groups excluding carboxylic acids is 1. The maximum Gasteiger partial charge on any atom is 0.306 e. The van der Waals surface area contributed by atoms with Crippen LogP contribution in [0.15, 0.2) is 18.2 Å². The molecule has 1 aromatic rings. The van der Waals surface area contributed by atoms with Gasteiger partial charge in [0.1, 0.15) is 11.9 Å². The van der Waals surface area contributed by atoms with Gasteiger partial charge in [0.2, 0.25) is 0 Å². The van der Waals surface area contributed by atoms with Crippen LogP contribution in [0.2, 0.25) is 0 Å². The monoisotopic (exact) mass is 291 g/mol. The molecule has 1 aliphatic rings. The molecule has 1 heterocycles. The molecule has 1 aromatic carbocycles. The fourth-order valence-electron chi connectivity index (χ4n) is 2.92. The summed E-state index contributed by atoms with van der Waals surface area (Å²) in [6.07, 6.45) is 2.28. The van der Waals surface area contributed by atoms with E-state index >= 15 is 0 Å². The summed E-state index contributed by atoms with van der Waals surface area (Å²) in [5.41, 5.74) is 8.47. The molecule has 2 N–H and O–H groups in total. The lowest BCUT2D eigenvalue weighted by atomic mass is 9.81. The summed E-state index contributed by atoms with van der Waals surface area (Å²) >= 11 is 0. The van der Waals surface area contributed by atoms with Crippen molar-refractivity contribution in [3.63, 3.8) is 0 Å². The van der Waals surface area contributed by atoms with Gasteiger partial charge in [0.15, 0.2) is 0 Å². The van der Waals surface area contributed by atoms with Crippen molar-refractivity contribution in [3.05, 3.63) is 29.3 Å². The van der Waals surface area contributed by atoms with E-state index < -0.39 is 0 Å². The van der Waals surface area contributed by atoms with Crippen molar-refractivity contribution in [2.75, 3.05) is 7.11 Å². The van der Waals surface area contributed by atoms with E-state index in [4.69, 9.17) is 15.2 Å². The lowest BCUT2D eigenvalue weighted by Crippen LogP contribution is -2.24. The molecule has 0 saturated carbocycles. The molecule has 0 fully saturated rings. The summed E-state index contributed by atoms with van der Waals surface area (Å²) in [6.45, 7) is 6.16. The Balaban J connectivity index is 2.05. The minimum atomic E-state index is -0.191. The van der Waals surface area contributed by atoms with Crippen molar-refractivity contribution >= 4 is 5.97 Å². The van der Waals surface area contributed by atoms with Crippen molar-refractivity contribution < 1.29 is 14.3 Å². The molecular weight excluding hydrogens is 266 g/mol. The number of esters is 1. The molecular formula is C17H25NO3. The SMILES string of the molecule is COC(=O)CC(C)(C)CC(N)c1ccc2c(c1)CC(C)O2. The van der Waals surface area contributed by atoms with Crippen LogP contribution in [0.1, 0.15) is 50.8 Å². The summed E-state index contributed by atoms with van der Waals surface area (Å²) in [7, 11) is 1.42. The molecule has 2 unspecified atom stereocenters. The molecule has 2 atom stereocenters. The fraction of sp³-hybridized carbons (Fsp3) is 0.588. The Hall–Kier alpha value is -1.55. The minimum Gasteiger partial charge on any atom is -0.490 e. The normalized spacial score (nSPS) is 18.8. The van der Waals surface area contributed by atoms with Crippen molar-refractivity contribution in [3.8, 4) is 5.75 Å². The van der Waals surface area contributed by atoms with E-state index in [1.165, 1.54) is 12.7 Å². The van der Waals surface area contributed by atoms with Gasteiger partial charge in [-0.25, -0.2) is 0 Å². The third-order valence-electron chi connectivity index (χ3n) is 3.97. The number of rotatable bonds is 5. The van der Waals surface area contributed by atoms with E-state index in [2.05, 4.69) is 13.0 Å². The number of hydrogen-bond donors (Lipinski definition) is 1. The number of carbonyl (C=O) groups is 1. The van der Waals surface area contributed by atoms with Crippen LogP contribution in [0.5, 0.6) is 5.75 Å². The van der Waals surface area contributed by atoms with E-state index in [9.17, 15) is 4.79 Å². The Bertz CT molecular complexity index is 525. The van der Waals surface area contributed by atoms with Crippen LogP contribution in [0.3, 0.4) is 0 Å². The van der Waals surface area contributed by atoms with Crippen LogP contribution in [-0.4, -0.2) is 19.2 Å². The Kier molecular flexibility index (Phi) is 4.57. The van der Waals surface area contributed by atoms with Gasteiger partial charge in [-0.2, -0.15) is 0 Å². The first kappa shape index (κ1) is 15.8. The summed E-state index contributed by atoms with van der Waals surface area (Å²) in [5, 5.41) is 0. The van der Waals surface area contributed by atoms with Gasteiger partial charge >= 0.3 is 5.97 Å². The maximum absolute atomic E-state index is 11.5. The molecule has 116 valence electrons. The Labute approximate surface area is 126 Å². The van der Waals surface area contributed by atoms with E-state index in [1.54, 1.807) is 0 Å². The van der Waals surface area contributed by atoms with Crippen LogP contribution in [0.25, 0.3) is 0 Å². The average Bonchev–Trinajstić information content (AvgIpc) is 2.76. The Morgan fingerprint density at radius 3 is 2.90 bits per heavy atom. The predicted molar refractivity (Wildman–Crippen MR) is 82.2 cm³/mol. The fourth-order valence-corrected chi connectivity index (χ4v) is 2.92. The molecule has 21 heavy (non-hydrogen) atoms. The zero-order chi connectivity index (χ0) is 15.6. The van der Waals surface area contributed by atoms with Gasteiger partial charge in [-0.3, -0.25) is 4.79 Å². The first-order valence-electron chi connectivity index (χ1n) is 7.42. The number of nitrogens with two attached hydrogens (primary N) is 1. The van der Waals surface area contributed by atoms with Gasteiger partial charge in [-0.05, 0) is 36.0 Å². The number of fused-ring (bicyclic) bond motifs is 1. The van der Waals surface area contributed by atoms with E-state index in [1.807, 2.05) is 26.0 Å². The molecule has 4 nitrogen and oxygen atoms in total.